The van der Waals surface area contributed by atoms with Crippen molar-refractivity contribution >= 4 is 17.4 Å². The lowest BCUT2D eigenvalue weighted by Gasteiger charge is -2.21. The fourth-order valence-corrected chi connectivity index (χ4v) is 1.83. The van der Waals surface area contributed by atoms with E-state index in [1.54, 1.807) is 6.20 Å². The Balaban J connectivity index is 2.64. The van der Waals surface area contributed by atoms with Gasteiger partial charge in [-0.1, -0.05) is 13.8 Å². The minimum atomic E-state index is -0.0206. The molecule has 1 rings (SSSR count). The van der Waals surface area contributed by atoms with E-state index in [0.717, 1.165) is 24.3 Å². The number of amides is 1. The van der Waals surface area contributed by atoms with Gasteiger partial charge in [0, 0.05) is 11.5 Å². The molecule has 0 bridgehead atoms. The Morgan fingerprint density at radius 2 is 1.89 bits per heavy atom. The van der Waals surface area contributed by atoms with E-state index < -0.39 is 0 Å². The molecule has 0 fully saturated rings. The van der Waals surface area contributed by atoms with Gasteiger partial charge in [-0.25, -0.2) is 4.98 Å². The van der Waals surface area contributed by atoms with Crippen molar-refractivity contribution in [3.8, 4) is 0 Å². The first-order valence-electron chi connectivity index (χ1n) is 6.90. The second-order valence-corrected chi connectivity index (χ2v) is 5.81. The zero-order chi connectivity index (χ0) is 14.5. The Morgan fingerprint density at radius 1 is 1.26 bits per heavy atom. The standard InChI is InChI=1S/C15H25N3O/c1-6-11(7-2)14(19)17-12-8-9-13(16-10-12)18-15(3,4)5/h8-11H,6-7H2,1-5H3,(H,16,18)(H,17,19). The average molecular weight is 263 g/mol. The number of aromatic nitrogens is 1. The molecule has 1 aromatic rings. The largest absolute Gasteiger partial charge is 0.365 e. The SMILES string of the molecule is CCC(CC)C(=O)Nc1ccc(NC(C)(C)C)nc1. The van der Waals surface area contributed by atoms with Crippen molar-refractivity contribution in [3.05, 3.63) is 18.3 Å². The van der Waals surface area contributed by atoms with E-state index in [4.69, 9.17) is 0 Å². The van der Waals surface area contributed by atoms with E-state index in [1.807, 2.05) is 26.0 Å². The summed E-state index contributed by atoms with van der Waals surface area (Å²) < 4.78 is 0. The van der Waals surface area contributed by atoms with Gasteiger partial charge in [0.1, 0.15) is 5.82 Å². The first kappa shape index (κ1) is 15.5. The van der Waals surface area contributed by atoms with E-state index in [2.05, 4.69) is 36.4 Å². The van der Waals surface area contributed by atoms with Gasteiger partial charge in [0.05, 0.1) is 11.9 Å². The van der Waals surface area contributed by atoms with Crippen LogP contribution < -0.4 is 10.6 Å². The predicted molar refractivity (Wildman–Crippen MR) is 80.3 cm³/mol. The summed E-state index contributed by atoms with van der Waals surface area (Å²) >= 11 is 0. The third kappa shape index (κ3) is 5.28. The highest BCUT2D eigenvalue weighted by Crippen LogP contribution is 2.16. The van der Waals surface area contributed by atoms with Gasteiger partial charge < -0.3 is 10.6 Å². The van der Waals surface area contributed by atoms with Gasteiger partial charge in [-0.2, -0.15) is 0 Å². The third-order valence-corrected chi connectivity index (χ3v) is 2.89. The summed E-state index contributed by atoms with van der Waals surface area (Å²) in [6.07, 6.45) is 3.41. The van der Waals surface area contributed by atoms with Crippen LogP contribution in [-0.4, -0.2) is 16.4 Å². The molecule has 0 aliphatic heterocycles. The van der Waals surface area contributed by atoms with Crippen LogP contribution in [0.1, 0.15) is 47.5 Å². The van der Waals surface area contributed by atoms with Gasteiger partial charge in [-0.15, -0.1) is 0 Å². The van der Waals surface area contributed by atoms with Crippen LogP contribution in [0.4, 0.5) is 11.5 Å². The second kappa shape index (κ2) is 6.55. The molecule has 0 aliphatic carbocycles. The van der Waals surface area contributed by atoms with E-state index in [1.165, 1.54) is 0 Å². The monoisotopic (exact) mass is 263 g/mol. The zero-order valence-corrected chi connectivity index (χ0v) is 12.6. The first-order valence-corrected chi connectivity index (χ1v) is 6.90. The number of carbonyl (C=O) groups excluding carboxylic acids is 1. The van der Waals surface area contributed by atoms with Crippen molar-refractivity contribution in [2.24, 2.45) is 5.92 Å². The average Bonchev–Trinajstić information content (AvgIpc) is 2.31. The number of pyridine rings is 1. The fraction of sp³-hybridized carbons (Fsp3) is 0.600. The summed E-state index contributed by atoms with van der Waals surface area (Å²) in [6.45, 7) is 10.3. The Bertz CT molecular complexity index is 402. The molecular formula is C15H25N3O. The van der Waals surface area contributed by atoms with Crippen molar-refractivity contribution in [2.45, 2.75) is 53.0 Å². The maximum atomic E-state index is 11.9. The van der Waals surface area contributed by atoms with Crippen molar-refractivity contribution in [3.63, 3.8) is 0 Å². The Hall–Kier alpha value is -1.58. The van der Waals surface area contributed by atoms with Crippen LogP contribution >= 0.6 is 0 Å². The molecule has 4 nitrogen and oxygen atoms in total. The highest BCUT2D eigenvalue weighted by Gasteiger charge is 2.14. The molecule has 0 saturated heterocycles. The Morgan fingerprint density at radius 3 is 2.32 bits per heavy atom. The minimum absolute atomic E-state index is 0.0206. The highest BCUT2D eigenvalue weighted by molar-refractivity contribution is 5.92. The molecule has 4 heteroatoms. The molecule has 0 atom stereocenters. The molecule has 0 aliphatic rings. The molecule has 0 saturated carbocycles. The van der Waals surface area contributed by atoms with Gasteiger partial charge in [0.15, 0.2) is 0 Å². The van der Waals surface area contributed by atoms with Gasteiger partial charge in [-0.3, -0.25) is 4.79 Å². The van der Waals surface area contributed by atoms with E-state index in [9.17, 15) is 4.79 Å². The third-order valence-electron chi connectivity index (χ3n) is 2.89. The fourth-order valence-electron chi connectivity index (χ4n) is 1.83. The summed E-state index contributed by atoms with van der Waals surface area (Å²) in [7, 11) is 0. The van der Waals surface area contributed by atoms with Crippen LogP contribution in [0, 0.1) is 5.92 Å². The first-order chi connectivity index (χ1) is 8.85. The molecule has 0 aromatic carbocycles. The molecule has 19 heavy (non-hydrogen) atoms. The van der Waals surface area contributed by atoms with Crippen molar-refractivity contribution < 1.29 is 4.79 Å². The number of carbonyl (C=O) groups is 1. The zero-order valence-electron chi connectivity index (χ0n) is 12.6. The number of rotatable bonds is 5. The number of anilines is 2. The summed E-state index contributed by atoms with van der Waals surface area (Å²) in [5.41, 5.74) is 0.726. The van der Waals surface area contributed by atoms with Crippen LogP contribution in [0.25, 0.3) is 0 Å². The Labute approximate surface area is 116 Å². The maximum absolute atomic E-state index is 11.9. The molecule has 1 amide bonds. The second-order valence-electron chi connectivity index (χ2n) is 5.81. The lowest BCUT2D eigenvalue weighted by molar-refractivity contribution is -0.120. The number of hydrogen-bond acceptors (Lipinski definition) is 3. The minimum Gasteiger partial charge on any atom is -0.365 e. The van der Waals surface area contributed by atoms with Crippen LogP contribution in [0.15, 0.2) is 18.3 Å². The van der Waals surface area contributed by atoms with E-state index in [-0.39, 0.29) is 17.4 Å². The molecule has 0 radical (unpaired) electrons. The van der Waals surface area contributed by atoms with Gasteiger partial charge in [0.2, 0.25) is 5.91 Å². The van der Waals surface area contributed by atoms with E-state index >= 15 is 0 Å². The van der Waals surface area contributed by atoms with Crippen molar-refractivity contribution in [1.29, 1.82) is 0 Å². The van der Waals surface area contributed by atoms with Gasteiger partial charge in [0.25, 0.3) is 0 Å². The van der Waals surface area contributed by atoms with Crippen LogP contribution in [0.5, 0.6) is 0 Å². The Kier molecular flexibility index (Phi) is 5.33. The number of hydrogen-bond donors (Lipinski definition) is 2. The quantitative estimate of drug-likeness (QED) is 0.852. The summed E-state index contributed by atoms with van der Waals surface area (Å²) in [4.78, 5) is 16.2. The summed E-state index contributed by atoms with van der Waals surface area (Å²) in [5, 5.41) is 6.19. The van der Waals surface area contributed by atoms with Crippen LogP contribution in [-0.2, 0) is 4.79 Å². The van der Waals surface area contributed by atoms with E-state index in [0.29, 0.717) is 0 Å². The molecular weight excluding hydrogens is 238 g/mol. The molecule has 1 heterocycles. The maximum Gasteiger partial charge on any atom is 0.227 e. The molecule has 0 spiro atoms. The molecule has 2 N–H and O–H groups in total. The normalized spacial score (nSPS) is 11.5. The van der Waals surface area contributed by atoms with Gasteiger partial charge in [-0.05, 0) is 45.7 Å². The molecule has 106 valence electrons. The number of nitrogens with one attached hydrogen (secondary N) is 2. The summed E-state index contributed by atoms with van der Waals surface area (Å²) in [6, 6.07) is 3.76. The lowest BCUT2D eigenvalue weighted by atomic mass is 10.0. The van der Waals surface area contributed by atoms with Crippen molar-refractivity contribution in [2.75, 3.05) is 10.6 Å². The van der Waals surface area contributed by atoms with Crippen LogP contribution in [0.2, 0.25) is 0 Å². The lowest BCUT2D eigenvalue weighted by Crippen LogP contribution is -2.26. The molecule has 1 aromatic heterocycles. The molecule has 0 unspecified atom stereocenters. The van der Waals surface area contributed by atoms with Crippen LogP contribution in [0.3, 0.4) is 0 Å². The van der Waals surface area contributed by atoms with Crippen molar-refractivity contribution in [1.82, 2.24) is 4.98 Å². The summed E-state index contributed by atoms with van der Waals surface area (Å²) in [5.74, 6) is 0.962. The van der Waals surface area contributed by atoms with Gasteiger partial charge >= 0.3 is 0 Å². The number of nitrogens with zero attached hydrogens (tertiary/aromatic N) is 1. The smallest absolute Gasteiger partial charge is 0.227 e. The predicted octanol–water partition coefficient (Wildman–Crippen LogP) is 3.67. The topological polar surface area (TPSA) is 54.0 Å². The highest BCUT2D eigenvalue weighted by atomic mass is 16.1.